The maximum absolute atomic E-state index is 13.2. The number of amides is 1. The molecule has 6 nitrogen and oxygen atoms in total. The predicted octanol–water partition coefficient (Wildman–Crippen LogP) is 5.80. The highest BCUT2D eigenvalue weighted by Gasteiger charge is 2.39. The number of nitrogens with zero attached hydrogens (tertiary/aromatic N) is 1. The smallest absolute Gasteiger partial charge is 0.416 e. The maximum atomic E-state index is 13.2. The number of piperidine rings is 1. The van der Waals surface area contributed by atoms with Gasteiger partial charge in [0.25, 0.3) is 5.91 Å². The molecule has 0 radical (unpaired) electrons. The Morgan fingerprint density at radius 1 is 1.14 bits per heavy atom. The number of fused-ring (bicyclic) bond motifs is 1. The van der Waals surface area contributed by atoms with Crippen molar-refractivity contribution in [2.75, 3.05) is 5.43 Å². The quantitative estimate of drug-likeness (QED) is 0.474. The first-order valence-electron chi connectivity index (χ1n) is 12.0. The van der Waals surface area contributed by atoms with Crippen LogP contribution in [0.25, 0.3) is 0 Å². The van der Waals surface area contributed by atoms with Crippen LogP contribution in [0.3, 0.4) is 0 Å². The average Bonchev–Trinajstić information content (AvgIpc) is 3.07. The minimum absolute atomic E-state index is 0.00555. The monoisotopic (exact) mass is 490 g/mol. The number of alkyl halides is 3. The standard InChI is InChI=1S/C26H33F3N4O2/c1-15-21-19(32-31-17-9-6-8-16(12-17)26(27,28)29)10-7-11-20(21)35-22(15)23(34)30-18-13-24(2,3)33-25(4,5)14-18/h6,8-9,12,18,31,33H,7,10-11,13-14H2,1-5H3,(H,30,34)/b32-19+. The van der Waals surface area contributed by atoms with Crippen molar-refractivity contribution in [1.82, 2.24) is 10.6 Å². The van der Waals surface area contributed by atoms with E-state index < -0.39 is 11.7 Å². The Labute approximate surface area is 203 Å². The molecule has 1 aromatic heterocycles. The van der Waals surface area contributed by atoms with Crippen molar-refractivity contribution in [1.29, 1.82) is 0 Å². The van der Waals surface area contributed by atoms with E-state index in [1.54, 1.807) is 0 Å². The summed E-state index contributed by atoms with van der Waals surface area (Å²) in [7, 11) is 0. The number of carbonyl (C=O) groups excluding carboxylic acids is 1. The van der Waals surface area contributed by atoms with Gasteiger partial charge in [-0.2, -0.15) is 18.3 Å². The second-order valence-electron chi connectivity index (χ2n) is 10.9. The van der Waals surface area contributed by atoms with Crippen molar-refractivity contribution in [3.63, 3.8) is 0 Å². The van der Waals surface area contributed by atoms with Crippen molar-refractivity contribution in [3.05, 3.63) is 52.5 Å². The Hall–Kier alpha value is -2.81. The SMILES string of the molecule is Cc1c(C(=O)NC2CC(C)(C)NC(C)(C)C2)oc2c1/C(=N/Nc1cccc(C(F)(F)F)c1)CCC2. The van der Waals surface area contributed by atoms with Gasteiger partial charge >= 0.3 is 6.18 Å². The molecule has 0 bridgehead atoms. The molecule has 1 amide bonds. The third-order valence-electron chi connectivity index (χ3n) is 6.57. The molecule has 2 heterocycles. The summed E-state index contributed by atoms with van der Waals surface area (Å²) >= 11 is 0. The number of hydrogen-bond donors (Lipinski definition) is 3. The van der Waals surface area contributed by atoms with Crippen LogP contribution < -0.4 is 16.1 Å². The van der Waals surface area contributed by atoms with E-state index in [9.17, 15) is 18.0 Å². The zero-order valence-electron chi connectivity index (χ0n) is 20.8. The summed E-state index contributed by atoms with van der Waals surface area (Å²) in [6.07, 6.45) is -0.729. The largest absolute Gasteiger partial charge is 0.455 e. The highest BCUT2D eigenvalue weighted by Crippen LogP contribution is 2.33. The third-order valence-corrected chi connectivity index (χ3v) is 6.57. The van der Waals surface area contributed by atoms with Crippen LogP contribution in [0.4, 0.5) is 18.9 Å². The lowest BCUT2D eigenvalue weighted by Gasteiger charge is -2.46. The molecular weight excluding hydrogens is 457 g/mol. The molecule has 1 aromatic carbocycles. The molecule has 0 atom stereocenters. The fourth-order valence-corrected chi connectivity index (χ4v) is 5.57. The Balaban J connectivity index is 1.54. The van der Waals surface area contributed by atoms with Crippen LogP contribution in [0.5, 0.6) is 0 Å². The molecule has 0 saturated carbocycles. The summed E-state index contributed by atoms with van der Waals surface area (Å²) in [6.45, 7) is 10.3. The van der Waals surface area contributed by atoms with Gasteiger partial charge in [0.15, 0.2) is 5.76 Å². The first kappa shape index (κ1) is 25.3. The summed E-state index contributed by atoms with van der Waals surface area (Å²) in [4.78, 5) is 13.2. The van der Waals surface area contributed by atoms with Gasteiger partial charge in [-0.25, -0.2) is 0 Å². The lowest BCUT2D eigenvalue weighted by atomic mass is 9.79. The maximum Gasteiger partial charge on any atom is 0.416 e. The van der Waals surface area contributed by atoms with Gasteiger partial charge in [0.05, 0.1) is 17.0 Å². The molecule has 4 rings (SSSR count). The first-order chi connectivity index (χ1) is 16.2. The predicted molar refractivity (Wildman–Crippen MR) is 130 cm³/mol. The zero-order chi connectivity index (χ0) is 25.6. The number of hydrazone groups is 1. The lowest BCUT2D eigenvalue weighted by Crippen LogP contribution is -2.62. The van der Waals surface area contributed by atoms with Gasteiger partial charge in [-0.15, -0.1) is 0 Å². The van der Waals surface area contributed by atoms with Crippen LogP contribution in [0.1, 0.15) is 86.4 Å². The van der Waals surface area contributed by atoms with Crippen molar-refractivity contribution in [2.24, 2.45) is 5.10 Å². The summed E-state index contributed by atoms with van der Waals surface area (Å²) in [5, 5.41) is 11.2. The molecule has 0 unspecified atom stereocenters. The zero-order valence-corrected chi connectivity index (χ0v) is 20.8. The number of aryl methyl sites for hydroxylation is 1. The third kappa shape index (κ3) is 5.72. The topological polar surface area (TPSA) is 78.7 Å². The molecule has 1 aliphatic heterocycles. The van der Waals surface area contributed by atoms with Crippen molar-refractivity contribution in [2.45, 2.75) is 90.0 Å². The van der Waals surface area contributed by atoms with E-state index in [4.69, 9.17) is 4.42 Å². The molecule has 1 aliphatic carbocycles. The number of carbonyl (C=O) groups is 1. The van der Waals surface area contributed by atoms with Crippen molar-refractivity contribution in [3.8, 4) is 0 Å². The Bertz CT molecular complexity index is 1130. The van der Waals surface area contributed by atoms with Gasteiger partial charge in [0.2, 0.25) is 0 Å². The second-order valence-corrected chi connectivity index (χ2v) is 10.9. The van der Waals surface area contributed by atoms with E-state index >= 15 is 0 Å². The molecule has 3 N–H and O–H groups in total. The van der Waals surface area contributed by atoms with Gasteiger partial charge in [0, 0.05) is 34.7 Å². The molecule has 190 valence electrons. The second kappa shape index (κ2) is 9.00. The molecule has 0 spiro atoms. The minimum Gasteiger partial charge on any atom is -0.455 e. The molecular formula is C26H33F3N4O2. The number of rotatable bonds is 4. The van der Waals surface area contributed by atoms with E-state index in [0.717, 1.165) is 37.0 Å². The van der Waals surface area contributed by atoms with Gasteiger partial charge in [-0.3, -0.25) is 10.2 Å². The molecule has 35 heavy (non-hydrogen) atoms. The van der Waals surface area contributed by atoms with Crippen LogP contribution in [0.2, 0.25) is 0 Å². The molecule has 2 aliphatic rings. The van der Waals surface area contributed by atoms with E-state index in [-0.39, 0.29) is 34.5 Å². The molecule has 2 aromatic rings. The fraction of sp³-hybridized carbons (Fsp3) is 0.538. The highest BCUT2D eigenvalue weighted by atomic mass is 19.4. The average molecular weight is 491 g/mol. The van der Waals surface area contributed by atoms with Crippen LogP contribution in [-0.4, -0.2) is 28.7 Å². The number of anilines is 1. The van der Waals surface area contributed by atoms with Crippen LogP contribution in [0, 0.1) is 6.92 Å². The molecule has 1 fully saturated rings. The van der Waals surface area contributed by atoms with Crippen LogP contribution in [-0.2, 0) is 12.6 Å². The Morgan fingerprint density at radius 3 is 2.49 bits per heavy atom. The summed E-state index contributed by atoms with van der Waals surface area (Å²) in [5.41, 5.74) is 4.20. The van der Waals surface area contributed by atoms with E-state index in [1.807, 2.05) is 6.92 Å². The van der Waals surface area contributed by atoms with Crippen LogP contribution in [0.15, 0.2) is 33.8 Å². The number of nitrogens with one attached hydrogen (secondary N) is 3. The lowest BCUT2D eigenvalue weighted by molar-refractivity contribution is -0.137. The summed E-state index contributed by atoms with van der Waals surface area (Å²) in [5.74, 6) is 0.716. The van der Waals surface area contributed by atoms with Crippen molar-refractivity contribution < 1.29 is 22.4 Å². The number of benzene rings is 1. The van der Waals surface area contributed by atoms with Gasteiger partial charge in [0.1, 0.15) is 5.76 Å². The Morgan fingerprint density at radius 2 is 1.83 bits per heavy atom. The minimum atomic E-state index is -4.43. The summed E-state index contributed by atoms with van der Waals surface area (Å²) < 4.78 is 45.1. The van der Waals surface area contributed by atoms with E-state index in [1.165, 1.54) is 12.1 Å². The fourth-order valence-electron chi connectivity index (χ4n) is 5.57. The van der Waals surface area contributed by atoms with Gasteiger partial charge < -0.3 is 15.1 Å². The number of furan rings is 1. The van der Waals surface area contributed by atoms with E-state index in [2.05, 4.69) is 48.9 Å². The van der Waals surface area contributed by atoms with Crippen molar-refractivity contribution >= 4 is 17.3 Å². The summed E-state index contributed by atoms with van der Waals surface area (Å²) in [6, 6.07) is 4.92. The first-order valence-corrected chi connectivity index (χ1v) is 12.0. The van der Waals surface area contributed by atoms with Crippen LogP contribution >= 0.6 is 0 Å². The van der Waals surface area contributed by atoms with E-state index in [0.29, 0.717) is 29.9 Å². The number of halogens is 3. The van der Waals surface area contributed by atoms with Gasteiger partial charge in [-0.1, -0.05) is 6.07 Å². The number of hydrogen-bond acceptors (Lipinski definition) is 5. The Kier molecular flexibility index (Phi) is 6.51. The molecule has 1 saturated heterocycles. The molecule has 9 heteroatoms. The highest BCUT2D eigenvalue weighted by molar-refractivity contribution is 6.06. The van der Waals surface area contributed by atoms with Gasteiger partial charge in [-0.05, 0) is 78.5 Å². The normalized spacial score (nSPS) is 21.0.